The molecule has 0 unspecified atom stereocenters. The Morgan fingerprint density at radius 2 is 1.62 bits per heavy atom. The molecule has 7 nitrogen and oxygen atoms in total. The topological polar surface area (TPSA) is 96.5 Å². The third-order valence-electron chi connectivity index (χ3n) is 3.46. The van der Waals surface area contributed by atoms with Gasteiger partial charge in [0.15, 0.2) is 0 Å². The van der Waals surface area contributed by atoms with Gasteiger partial charge in [0.2, 0.25) is 5.91 Å². The Hall–Kier alpha value is -3.35. The van der Waals surface area contributed by atoms with Crippen LogP contribution in [0.15, 0.2) is 48.5 Å². The highest BCUT2D eigenvalue weighted by molar-refractivity contribution is 6.39. The van der Waals surface area contributed by atoms with Crippen molar-refractivity contribution in [3.63, 3.8) is 0 Å². The number of aryl methyl sites for hydroxylation is 1. The van der Waals surface area contributed by atoms with E-state index in [-0.39, 0.29) is 6.54 Å². The molecule has 0 radical (unpaired) electrons. The Kier molecular flexibility index (Phi) is 6.73. The second-order valence-corrected chi connectivity index (χ2v) is 5.46. The number of rotatable bonds is 6. The van der Waals surface area contributed by atoms with Crippen LogP contribution in [-0.4, -0.2) is 30.9 Å². The van der Waals surface area contributed by atoms with Crippen molar-refractivity contribution in [2.45, 2.75) is 13.8 Å². The van der Waals surface area contributed by atoms with Crippen molar-refractivity contribution in [1.82, 2.24) is 5.32 Å². The molecular weight excluding hydrogens is 334 g/mol. The average Bonchev–Trinajstić information content (AvgIpc) is 2.63. The molecule has 0 aromatic heterocycles. The molecule has 136 valence electrons. The lowest BCUT2D eigenvalue weighted by molar-refractivity contribution is -0.136. The molecule has 0 aliphatic heterocycles. The van der Waals surface area contributed by atoms with Gasteiger partial charge in [-0.3, -0.25) is 14.4 Å². The fourth-order valence-corrected chi connectivity index (χ4v) is 2.14. The maximum absolute atomic E-state index is 11.9. The first kappa shape index (κ1) is 19.0. The fraction of sp³-hybridized carbons (Fsp3) is 0.211. The standard InChI is InChI=1S/C19H21N3O4/c1-3-26-15-10-8-14(9-11-15)21-19(25)18(24)20-12-17(23)22-16-7-5-4-6-13(16)2/h4-11H,3,12H2,1-2H3,(H,20,24)(H,21,25)(H,22,23). The Labute approximate surface area is 151 Å². The van der Waals surface area contributed by atoms with Crippen LogP contribution in [0.1, 0.15) is 12.5 Å². The molecule has 2 aromatic rings. The zero-order valence-electron chi connectivity index (χ0n) is 14.7. The quantitative estimate of drug-likeness (QED) is 0.691. The smallest absolute Gasteiger partial charge is 0.313 e. The van der Waals surface area contributed by atoms with Gasteiger partial charge in [0.05, 0.1) is 13.2 Å². The molecule has 3 amide bonds. The summed E-state index contributed by atoms with van der Waals surface area (Å²) in [6.45, 7) is 3.97. The van der Waals surface area contributed by atoms with Crippen LogP contribution < -0.4 is 20.7 Å². The van der Waals surface area contributed by atoms with Crippen LogP contribution in [0, 0.1) is 6.92 Å². The molecule has 0 aliphatic carbocycles. The largest absolute Gasteiger partial charge is 0.494 e. The Bertz CT molecular complexity index is 788. The summed E-state index contributed by atoms with van der Waals surface area (Å²) in [4.78, 5) is 35.6. The normalized spacial score (nSPS) is 9.92. The molecule has 0 saturated heterocycles. The number of anilines is 2. The minimum absolute atomic E-state index is 0.302. The first-order valence-corrected chi connectivity index (χ1v) is 8.17. The maximum atomic E-state index is 11.9. The van der Waals surface area contributed by atoms with E-state index in [9.17, 15) is 14.4 Å². The number of para-hydroxylation sites is 1. The van der Waals surface area contributed by atoms with Gasteiger partial charge in [0.25, 0.3) is 0 Å². The van der Waals surface area contributed by atoms with E-state index in [2.05, 4.69) is 16.0 Å². The highest BCUT2D eigenvalue weighted by Crippen LogP contribution is 2.15. The van der Waals surface area contributed by atoms with Gasteiger partial charge >= 0.3 is 11.8 Å². The summed E-state index contributed by atoms with van der Waals surface area (Å²) in [6, 6.07) is 13.9. The maximum Gasteiger partial charge on any atom is 0.313 e. The molecule has 0 spiro atoms. The first-order valence-electron chi connectivity index (χ1n) is 8.17. The summed E-state index contributed by atoms with van der Waals surface area (Å²) in [5.74, 6) is -1.49. The van der Waals surface area contributed by atoms with Crippen molar-refractivity contribution in [2.24, 2.45) is 0 Å². The predicted molar refractivity (Wildman–Crippen MR) is 99.1 cm³/mol. The minimum atomic E-state index is -0.890. The number of nitrogens with one attached hydrogen (secondary N) is 3. The number of amides is 3. The average molecular weight is 355 g/mol. The van der Waals surface area contributed by atoms with Gasteiger partial charge in [-0.2, -0.15) is 0 Å². The number of hydrogen-bond donors (Lipinski definition) is 3. The van der Waals surface area contributed by atoms with Gasteiger partial charge in [-0.25, -0.2) is 0 Å². The monoisotopic (exact) mass is 355 g/mol. The molecule has 2 aromatic carbocycles. The molecule has 0 saturated carbocycles. The van der Waals surface area contributed by atoms with Crippen molar-refractivity contribution in [2.75, 3.05) is 23.8 Å². The number of carbonyl (C=O) groups is 3. The van der Waals surface area contributed by atoms with Gasteiger partial charge < -0.3 is 20.7 Å². The van der Waals surface area contributed by atoms with E-state index in [0.29, 0.717) is 23.7 Å². The summed E-state index contributed by atoms with van der Waals surface area (Å²) in [5, 5.41) is 7.41. The highest BCUT2D eigenvalue weighted by Gasteiger charge is 2.15. The van der Waals surface area contributed by atoms with E-state index in [1.54, 1.807) is 36.4 Å². The van der Waals surface area contributed by atoms with Crippen LogP contribution in [0.2, 0.25) is 0 Å². The summed E-state index contributed by atoms with van der Waals surface area (Å²) in [6.07, 6.45) is 0. The van der Waals surface area contributed by atoms with Gasteiger partial charge in [-0.05, 0) is 49.7 Å². The molecule has 3 N–H and O–H groups in total. The summed E-state index contributed by atoms with van der Waals surface area (Å²) in [5.41, 5.74) is 2.02. The molecule has 26 heavy (non-hydrogen) atoms. The number of benzene rings is 2. The van der Waals surface area contributed by atoms with Crippen molar-refractivity contribution < 1.29 is 19.1 Å². The molecule has 2 rings (SSSR count). The molecule has 0 heterocycles. The fourth-order valence-electron chi connectivity index (χ4n) is 2.14. The number of ether oxygens (including phenoxy) is 1. The van der Waals surface area contributed by atoms with Crippen molar-refractivity contribution in [3.8, 4) is 5.75 Å². The van der Waals surface area contributed by atoms with Crippen LogP contribution in [0.3, 0.4) is 0 Å². The Morgan fingerprint density at radius 1 is 0.923 bits per heavy atom. The second-order valence-electron chi connectivity index (χ2n) is 5.46. The van der Waals surface area contributed by atoms with Gasteiger partial charge in [0, 0.05) is 11.4 Å². The summed E-state index contributed by atoms with van der Waals surface area (Å²) < 4.78 is 5.30. The molecule has 0 aliphatic rings. The zero-order chi connectivity index (χ0) is 18.9. The molecular formula is C19H21N3O4. The van der Waals surface area contributed by atoms with Gasteiger partial charge in [0.1, 0.15) is 5.75 Å². The highest BCUT2D eigenvalue weighted by atomic mass is 16.5. The molecule has 0 bridgehead atoms. The lowest BCUT2D eigenvalue weighted by Crippen LogP contribution is -2.39. The van der Waals surface area contributed by atoms with Crippen LogP contribution >= 0.6 is 0 Å². The Morgan fingerprint density at radius 3 is 2.27 bits per heavy atom. The third kappa shape index (κ3) is 5.62. The SMILES string of the molecule is CCOc1ccc(NC(=O)C(=O)NCC(=O)Nc2ccccc2C)cc1. The molecule has 0 atom stereocenters. The lowest BCUT2D eigenvalue weighted by atomic mass is 10.2. The third-order valence-corrected chi connectivity index (χ3v) is 3.46. The van der Waals surface area contributed by atoms with Crippen molar-refractivity contribution >= 4 is 29.1 Å². The van der Waals surface area contributed by atoms with Crippen LogP contribution in [0.5, 0.6) is 5.75 Å². The van der Waals surface area contributed by atoms with Crippen LogP contribution in [0.25, 0.3) is 0 Å². The predicted octanol–water partition coefficient (Wildman–Crippen LogP) is 2.09. The van der Waals surface area contributed by atoms with Gasteiger partial charge in [-0.15, -0.1) is 0 Å². The van der Waals surface area contributed by atoms with E-state index < -0.39 is 17.7 Å². The van der Waals surface area contributed by atoms with Crippen LogP contribution in [0.4, 0.5) is 11.4 Å². The number of hydrogen-bond acceptors (Lipinski definition) is 4. The van der Waals surface area contributed by atoms with Gasteiger partial charge in [-0.1, -0.05) is 18.2 Å². The minimum Gasteiger partial charge on any atom is -0.494 e. The van der Waals surface area contributed by atoms with Crippen molar-refractivity contribution in [3.05, 3.63) is 54.1 Å². The lowest BCUT2D eigenvalue weighted by Gasteiger charge is -2.09. The number of carbonyl (C=O) groups excluding carboxylic acids is 3. The molecule has 7 heteroatoms. The van der Waals surface area contributed by atoms with E-state index >= 15 is 0 Å². The van der Waals surface area contributed by atoms with E-state index in [1.165, 1.54) is 0 Å². The first-order chi connectivity index (χ1) is 12.5. The molecule has 0 fully saturated rings. The summed E-state index contributed by atoms with van der Waals surface area (Å²) in [7, 11) is 0. The van der Waals surface area contributed by atoms with E-state index in [0.717, 1.165) is 5.56 Å². The van der Waals surface area contributed by atoms with Crippen molar-refractivity contribution in [1.29, 1.82) is 0 Å². The zero-order valence-corrected chi connectivity index (χ0v) is 14.7. The summed E-state index contributed by atoms with van der Waals surface area (Å²) >= 11 is 0. The van der Waals surface area contributed by atoms with Crippen LogP contribution in [-0.2, 0) is 14.4 Å². The Balaban J connectivity index is 1.80. The van der Waals surface area contributed by atoms with E-state index in [4.69, 9.17) is 4.74 Å². The van der Waals surface area contributed by atoms with E-state index in [1.807, 2.05) is 26.0 Å². The second kappa shape index (κ2) is 9.22.